The van der Waals surface area contributed by atoms with Crippen molar-refractivity contribution in [1.82, 2.24) is 24.6 Å². The van der Waals surface area contributed by atoms with Crippen LogP contribution < -0.4 is 10.4 Å². The zero-order valence-electron chi connectivity index (χ0n) is 29.4. The number of unbranched alkanes of at least 4 members (excludes halogenated alkanes) is 3. The number of benzene rings is 1. The molecular weight excluding hydrogens is 617 g/mol. The van der Waals surface area contributed by atoms with Crippen LogP contribution in [0.4, 0.5) is 11.5 Å². The summed E-state index contributed by atoms with van der Waals surface area (Å²) in [6.07, 6.45) is 7.77. The molecule has 260 valence electrons. The summed E-state index contributed by atoms with van der Waals surface area (Å²) >= 11 is 0. The lowest BCUT2D eigenvalue weighted by atomic mass is 9.99. The fourth-order valence-electron chi connectivity index (χ4n) is 4.96. The molecule has 13 heteroatoms. The SMILES string of the molecule is CCCCCCOC(=O)C(C)(C)NP(=O)(COC(C)Cn1cnc2c(Nc3ccccc3)ncnc21)ON=C(CC(C)C)CC(C)C. The summed E-state index contributed by atoms with van der Waals surface area (Å²) in [6.45, 7) is 16.3. The Labute approximate surface area is 280 Å². The monoisotopic (exact) mass is 671 g/mol. The number of hydrogen-bond donors (Lipinski definition) is 2. The number of fused-ring (bicyclic) bond motifs is 1. The summed E-state index contributed by atoms with van der Waals surface area (Å²) in [5, 5.41) is 10.6. The smallest absolute Gasteiger partial charge is 0.365 e. The molecule has 0 saturated heterocycles. The maximum atomic E-state index is 14.3. The topological polar surface area (TPSA) is 142 Å². The number of imidazole rings is 1. The van der Waals surface area contributed by atoms with E-state index in [4.69, 9.17) is 14.1 Å². The Kier molecular flexibility index (Phi) is 14.8. The minimum atomic E-state index is -3.84. The fourth-order valence-corrected chi connectivity index (χ4v) is 6.76. The maximum absolute atomic E-state index is 14.3. The molecular formula is C34H54N7O5P. The van der Waals surface area contributed by atoms with E-state index >= 15 is 0 Å². The number of hydrogen-bond acceptors (Lipinski definition) is 10. The molecule has 0 aliphatic rings. The largest absolute Gasteiger partial charge is 0.464 e. The molecule has 2 heterocycles. The van der Waals surface area contributed by atoms with Crippen LogP contribution in [0.15, 0.2) is 48.1 Å². The zero-order valence-corrected chi connectivity index (χ0v) is 30.3. The number of carbonyl (C=O) groups is 1. The Morgan fingerprint density at radius 1 is 1.00 bits per heavy atom. The van der Waals surface area contributed by atoms with Gasteiger partial charge in [0.2, 0.25) is 0 Å². The normalized spacial score (nSPS) is 13.8. The van der Waals surface area contributed by atoms with E-state index in [1.54, 1.807) is 20.2 Å². The van der Waals surface area contributed by atoms with Crippen LogP contribution >= 0.6 is 7.52 Å². The number of esters is 1. The molecule has 0 aliphatic heterocycles. The minimum absolute atomic E-state index is 0.304. The van der Waals surface area contributed by atoms with Crippen molar-refractivity contribution < 1.29 is 23.5 Å². The second kappa shape index (κ2) is 18.3. The van der Waals surface area contributed by atoms with Gasteiger partial charge in [0.1, 0.15) is 18.2 Å². The molecule has 0 bridgehead atoms. The molecule has 0 amide bonds. The van der Waals surface area contributed by atoms with E-state index in [2.05, 4.69) is 65.1 Å². The number of para-hydroxylation sites is 1. The highest BCUT2D eigenvalue weighted by molar-refractivity contribution is 7.56. The van der Waals surface area contributed by atoms with Gasteiger partial charge in [-0.05, 0) is 64.0 Å². The first kappa shape index (κ1) is 38.1. The van der Waals surface area contributed by atoms with Gasteiger partial charge < -0.3 is 24.0 Å². The van der Waals surface area contributed by atoms with Crippen molar-refractivity contribution in [3.8, 4) is 0 Å². The Morgan fingerprint density at radius 2 is 1.70 bits per heavy atom. The molecule has 0 aliphatic carbocycles. The van der Waals surface area contributed by atoms with E-state index in [0.29, 0.717) is 54.8 Å². The molecule has 1 aromatic carbocycles. The van der Waals surface area contributed by atoms with E-state index in [9.17, 15) is 9.36 Å². The molecule has 3 rings (SSSR count). The molecule has 12 nitrogen and oxygen atoms in total. The van der Waals surface area contributed by atoms with Crippen LogP contribution in [0.2, 0.25) is 0 Å². The van der Waals surface area contributed by atoms with Crippen LogP contribution in [-0.4, -0.2) is 55.8 Å². The number of aromatic nitrogens is 4. The van der Waals surface area contributed by atoms with Crippen LogP contribution in [0.1, 0.15) is 93.9 Å². The maximum Gasteiger partial charge on any atom is 0.365 e. The lowest BCUT2D eigenvalue weighted by molar-refractivity contribution is -0.149. The Hall–Kier alpha value is -3.34. The Bertz CT molecular complexity index is 1460. The van der Waals surface area contributed by atoms with Gasteiger partial charge in [-0.2, -0.15) is 0 Å². The second-order valence-electron chi connectivity index (χ2n) is 13.4. The zero-order chi connectivity index (χ0) is 34.5. The van der Waals surface area contributed by atoms with E-state index in [1.165, 1.54) is 6.33 Å². The predicted octanol–water partition coefficient (Wildman–Crippen LogP) is 8.08. The van der Waals surface area contributed by atoms with Crippen molar-refractivity contribution in [3.63, 3.8) is 0 Å². The van der Waals surface area contributed by atoms with Crippen LogP contribution in [0.25, 0.3) is 11.2 Å². The number of nitrogens with one attached hydrogen (secondary N) is 2. The third-order valence-electron chi connectivity index (χ3n) is 7.20. The van der Waals surface area contributed by atoms with E-state index < -0.39 is 25.1 Å². The molecule has 47 heavy (non-hydrogen) atoms. The molecule has 2 unspecified atom stereocenters. The summed E-state index contributed by atoms with van der Waals surface area (Å²) < 4.78 is 33.7. The highest BCUT2D eigenvalue weighted by atomic mass is 31.2. The van der Waals surface area contributed by atoms with Gasteiger partial charge in [0.15, 0.2) is 17.0 Å². The quantitative estimate of drug-likeness (QED) is 0.0375. The number of oxime groups is 1. The van der Waals surface area contributed by atoms with Crippen LogP contribution in [-0.2, 0) is 30.0 Å². The molecule has 3 aromatic rings. The summed E-state index contributed by atoms with van der Waals surface area (Å²) in [5.74, 6) is 0.766. The number of rotatable bonds is 21. The van der Waals surface area contributed by atoms with Gasteiger partial charge in [-0.3, -0.25) is 9.36 Å². The molecule has 0 fully saturated rings. The average molecular weight is 672 g/mol. The van der Waals surface area contributed by atoms with E-state index in [1.807, 2.05) is 41.8 Å². The fraction of sp³-hybridized carbons (Fsp3) is 0.618. The first-order chi connectivity index (χ1) is 22.3. The summed E-state index contributed by atoms with van der Waals surface area (Å²) in [6, 6.07) is 9.72. The second-order valence-corrected chi connectivity index (χ2v) is 15.4. The average Bonchev–Trinajstić information content (AvgIpc) is 3.42. The van der Waals surface area contributed by atoms with Crippen LogP contribution in [0.3, 0.4) is 0 Å². The minimum Gasteiger partial charge on any atom is -0.464 e. The standard InChI is InChI=1S/C34H54N7O5P/c1-9-10-11-15-18-44-33(42)34(7,8)40-47(43,46-39-29(19-25(2)3)20-26(4)5)24-45-27(6)21-41-23-37-30-31(35-22-36-32(30)41)38-28-16-13-12-14-17-28/h12-14,16-17,22-23,25-27H,9-11,15,18-21,24H2,1-8H3,(H,40,43)(H,35,36,38). The molecule has 0 radical (unpaired) electrons. The molecule has 2 atom stereocenters. The predicted molar refractivity (Wildman–Crippen MR) is 188 cm³/mol. The Balaban J connectivity index is 1.75. The summed E-state index contributed by atoms with van der Waals surface area (Å²) in [5.41, 5.74) is 1.64. The number of anilines is 2. The lowest BCUT2D eigenvalue weighted by Crippen LogP contribution is -2.47. The van der Waals surface area contributed by atoms with E-state index in [0.717, 1.165) is 37.1 Å². The summed E-state index contributed by atoms with van der Waals surface area (Å²) in [7, 11) is -3.84. The molecule has 0 saturated carbocycles. The van der Waals surface area contributed by atoms with Crippen LogP contribution in [0.5, 0.6) is 0 Å². The molecule has 2 aromatic heterocycles. The third kappa shape index (κ3) is 12.7. The summed E-state index contributed by atoms with van der Waals surface area (Å²) in [4.78, 5) is 26.4. The molecule has 2 N–H and O–H groups in total. The van der Waals surface area contributed by atoms with Crippen molar-refractivity contribution in [1.29, 1.82) is 0 Å². The van der Waals surface area contributed by atoms with Gasteiger partial charge in [0.05, 0.1) is 31.3 Å². The van der Waals surface area contributed by atoms with Gasteiger partial charge in [-0.15, -0.1) is 0 Å². The first-order valence-corrected chi connectivity index (χ1v) is 18.5. The number of carbonyl (C=O) groups excluding carboxylic acids is 1. The van der Waals surface area contributed by atoms with Gasteiger partial charge in [0, 0.05) is 5.69 Å². The van der Waals surface area contributed by atoms with Gasteiger partial charge in [-0.25, -0.2) is 20.0 Å². The Morgan fingerprint density at radius 3 is 2.36 bits per heavy atom. The van der Waals surface area contributed by atoms with Crippen molar-refractivity contribution in [2.45, 2.75) is 112 Å². The molecule has 0 spiro atoms. The van der Waals surface area contributed by atoms with Crippen molar-refractivity contribution in [2.75, 3.05) is 18.3 Å². The highest BCUT2D eigenvalue weighted by Crippen LogP contribution is 2.46. The highest BCUT2D eigenvalue weighted by Gasteiger charge is 2.40. The van der Waals surface area contributed by atoms with Gasteiger partial charge in [-0.1, -0.05) is 77.2 Å². The number of nitrogens with zero attached hydrogens (tertiary/aromatic N) is 5. The van der Waals surface area contributed by atoms with Crippen molar-refractivity contribution >= 4 is 41.9 Å². The van der Waals surface area contributed by atoms with Crippen molar-refractivity contribution in [2.24, 2.45) is 17.0 Å². The first-order valence-electron chi connectivity index (χ1n) is 16.7. The van der Waals surface area contributed by atoms with Gasteiger partial charge in [0.25, 0.3) is 0 Å². The van der Waals surface area contributed by atoms with Crippen LogP contribution in [0, 0.1) is 11.8 Å². The van der Waals surface area contributed by atoms with E-state index in [-0.39, 0.29) is 6.35 Å². The third-order valence-corrected chi connectivity index (χ3v) is 8.94. The number of ether oxygens (including phenoxy) is 2. The van der Waals surface area contributed by atoms with Gasteiger partial charge >= 0.3 is 13.5 Å². The lowest BCUT2D eigenvalue weighted by Gasteiger charge is -2.29. The van der Waals surface area contributed by atoms with Crippen molar-refractivity contribution in [3.05, 3.63) is 43.0 Å².